The number of rotatable bonds is 5. The first-order chi connectivity index (χ1) is 16.3. The zero-order valence-corrected chi connectivity index (χ0v) is 20.5. The van der Waals surface area contributed by atoms with Crippen molar-refractivity contribution in [3.63, 3.8) is 0 Å². The number of nitrogens with one attached hydrogen (secondary N) is 1. The molecule has 1 N–H and O–H groups in total. The number of fused-ring (bicyclic) bond motifs is 1. The molecule has 9 nitrogen and oxygen atoms in total. The predicted octanol–water partition coefficient (Wildman–Crippen LogP) is 5.16. The highest BCUT2D eigenvalue weighted by molar-refractivity contribution is 8.13. The van der Waals surface area contributed by atoms with Gasteiger partial charge in [-0.25, -0.2) is 14.8 Å². The minimum atomic E-state index is -0.660. The summed E-state index contributed by atoms with van der Waals surface area (Å²) in [5.74, 6) is 1.10. The topological polar surface area (TPSA) is 108 Å². The smallest absolute Gasteiger partial charge is 0.415 e. The van der Waals surface area contributed by atoms with Gasteiger partial charge < -0.3 is 14.5 Å². The molecule has 0 unspecified atom stereocenters. The molecule has 34 heavy (non-hydrogen) atoms. The number of aromatic nitrogens is 3. The molecule has 1 aliphatic rings. The second kappa shape index (κ2) is 9.73. The van der Waals surface area contributed by atoms with Gasteiger partial charge in [0, 0.05) is 24.7 Å². The Balaban J connectivity index is 1.64. The molecule has 1 aliphatic carbocycles. The Hall–Kier alpha value is -3.58. The van der Waals surface area contributed by atoms with Crippen molar-refractivity contribution in [2.24, 2.45) is 4.99 Å². The van der Waals surface area contributed by atoms with Crippen LogP contribution in [0.5, 0.6) is 0 Å². The summed E-state index contributed by atoms with van der Waals surface area (Å²) >= 11 is 1.29. The van der Waals surface area contributed by atoms with E-state index in [9.17, 15) is 4.79 Å². The van der Waals surface area contributed by atoms with Crippen molar-refractivity contribution in [2.45, 2.75) is 51.7 Å². The van der Waals surface area contributed by atoms with E-state index >= 15 is 0 Å². The summed E-state index contributed by atoms with van der Waals surface area (Å²) in [4.78, 5) is 27.4. The normalized spacial score (nSPS) is 14.0. The molecular formula is C24H27N7O2S. The van der Waals surface area contributed by atoms with Crippen LogP contribution in [0.3, 0.4) is 0 Å². The van der Waals surface area contributed by atoms with Gasteiger partial charge in [0.1, 0.15) is 17.1 Å². The monoisotopic (exact) mass is 477 g/mol. The fourth-order valence-corrected chi connectivity index (χ4v) is 3.81. The minimum absolute atomic E-state index is 0.223. The van der Waals surface area contributed by atoms with E-state index in [1.165, 1.54) is 35.1 Å². The lowest BCUT2D eigenvalue weighted by Crippen LogP contribution is -2.36. The van der Waals surface area contributed by atoms with Crippen molar-refractivity contribution in [3.05, 3.63) is 54.1 Å². The van der Waals surface area contributed by atoms with Gasteiger partial charge >= 0.3 is 6.09 Å². The molecule has 0 atom stereocenters. The number of amidine groups is 1. The Labute approximate surface area is 202 Å². The zero-order chi connectivity index (χ0) is 24.3. The second-order valence-electron chi connectivity index (χ2n) is 9.05. The van der Waals surface area contributed by atoms with Crippen molar-refractivity contribution in [2.75, 3.05) is 16.5 Å². The summed E-state index contributed by atoms with van der Waals surface area (Å²) in [7, 11) is 0. The van der Waals surface area contributed by atoms with Crippen molar-refractivity contribution in [1.82, 2.24) is 14.4 Å². The van der Waals surface area contributed by atoms with Crippen LogP contribution >= 0.6 is 11.8 Å². The number of ether oxygens (including phenoxy) is 1. The average molecular weight is 478 g/mol. The molecule has 0 aliphatic heterocycles. The molecule has 0 bridgehead atoms. The number of pyridine rings is 2. The van der Waals surface area contributed by atoms with Gasteiger partial charge in [0.15, 0.2) is 5.17 Å². The van der Waals surface area contributed by atoms with Crippen LogP contribution in [0.4, 0.5) is 16.3 Å². The quantitative estimate of drug-likeness (QED) is 0.307. The third-order valence-corrected chi connectivity index (χ3v) is 5.72. The number of anilines is 2. The maximum atomic E-state index is 13.2. The molecule has 176 valence electrons. The van der Waals surface area contributed by atoms with Crippen LogP contribution in [0.2, 0.25) is 0 Å². The van der Waals surface area contributed by atoms with Gasteiger partial charge in [0.2, 0.25) is 6.19 Å². The molecule has 3 aromatic heterocycles. The van der Waals surface area contributed by atoms with Crippen LogP contribution in [0.15, 0.2) is 47.8 Å². The first-order valence-electron chi connectivity index (χ1n) is 11.0. The number of thioether (sulfide) groups is 1. The Morgan fingerprint density at radius 2 is 2.15 bits per heavy atom. The molecule has 3 aromatic rings. The van der Waals surface area contributed by atoms with Crippen molar-refractivity contribution < 1.29 is 9.53 Å². The summed E-state index contributed by atoms with van der Waals surface area (Å²) in [5, 5.41) is 12.3. The third-order valence-electron chi connectivity index (χ3n) is 5.14. The molecular weight excluding hydrogens is 450 g/mol. The van der Waals surface area contributed by atoms with Gasteiger partial charge in [0.25, 0.3) is 0 Å². The number of amides is 1. The Morgan fingerprint density at radius 3 is 2.82 bits per heavy atom. The SMILES string of the molecule is CS/C(=N\C#N)Nc1cc(N(Cc2cn3cc(C4CC4)ccc3n2)C(=O)OC(C)(C)C)ccn1. The van der Waals surface area contributed by atoms with Crippen LogP contribution in [0, 0.1) is 11.5 Å². The van der Waals surface area contributed by atoms with E-state index in [0.717, 1.165) is 11.3 Å². The molecule has 3 heterocycles. The molecule has 0 saturated heterocycles. The van der Waals surface area contributed by atoms with Crippen molar-refractivity contribution in [1.29, 1.82) is 5.26 Å². The molecule has 0 radical (unpaired) electrons. The van der Waals surface area contributed by atoms with Gasteiger partial charge in [-0.3, -0.25) is 4.90 Å². The molecule has 0 aromatic carbocycles. The fourth-order valence-electron chi connectivity index (χ4n) is 3.47. The number of carbonyl (C=O) groups is 1. The molecule has 4 rings (SSSR count). The van der Waals surface area contributed by atoms with Crippen LogP contribution in [-0.4, -0.2) is 37.5 Å². The minimum Gasteiger partial charge on any atom is -0.443 e. The number of hydrogen-bond acceptors (Lipinski definition) is 7. The molecule has 1 fully saturated rings. The largest absolute Gasteiger partial charge is 0.443 e. The Kier molecular flexibility index (Phi) is 6.75. The summed E-state index contributed by atoms with van der Waals surface area (Å²) in [6.07, 6.45) is 11.2. The van der Waals surface area contributed by atoms with Crippen LogP contribution in [0.25, 0.3) is 5.65 Å². The standard InChI is InChI=1S/C24H27N7O2S/c1-24(2,3)33-23(32)31(19-9-10-26-20(11-19)29-22(34-4)27-15-25)14-18-13-30-12-17(16-5-6-16)7-8-21(30)28-18/h7-13,16H,5-6,14H2,1-4H3,(H,26,27,29). The third kappa shape index (κ3) is 5.85. The van der Waals surface area contributed by atoms with E-state index in [-0.39, 0.29) is 6.54 Å². The molecule has 1 amide bonds. The van der Waals surface area contributed by atoms with Crippen molar-refractivity contribution in [3.8, 4) is 6.19 Å². The fraction of sp³-hybridized carbons (Fsp3) is 0.375. The lowest BCUT2D eigenvalue weighted by Gasteiger charge is -2.27. The first kappa shape index (κ1) is 23.6. The highest BCUT2D eigenvalue weighted by Crippen LogP contribution is 2.39. The highest BCUT2D eigenvalue weighted by atomic mass is 32.2. The lowest BCUT2D eigenvalue weighted by atomic mass is 10.2. The Bertz CT molecular complexity index is 1270. The van der Waals surface area contributed by atoms with Gasteiger partial charge in [-0.1, -0.05) is 17.8 Å². The predicted molar refractivity (Wildman–Crippen MR) is 134 cm³/mol. The second-order valence-corrected chi connectivity index (χ2v) is 9.84. The van der Waals surface area contributed by atoms with E-state index in [0.29, 0.717) is 22.6 Å². The number of nitrogens with zero attached hydrogens (tertiary/aromatic N) is 6. The highest BCUT2D eigenvalue weighted by Gasteiger charge is 2.26. The molecule has 10 heteroatoms. The van der Waals surface area contributed by atoms with E-state index in [4.69, 9.17) is 15.0 Å². The van der Waals surface area contributed by atoms with Gasteiger partial charge in [-0.05, 0) is 63.5 Å². The maximum Gasteiger partial charge on any atom is 0.415 e. The number of nitriles is 1. The average Bonchev–Trinajstić information content (AvgIpc) is 3.55. The summed E-state index contributed by atoms with van der Waals surface area (Å²) in [6.45, 7) is 5.71. The van der Waals surface area contributed by atoms with Crippen LogP contribution in [-0.2, 0) is 11.3 Å². The number of hydrogen-bond donors (Lipinski definition) is 1. The number of aliphatic imine (C=N–C) groups is 1. The van der Waals surface area contributed by atoms with E-state index in [1.807, 2.05) is 37.4 Å². The van der Waals surface area contributed by atoms with E-state index < -0.39 is 11.7 Å². The Morgan fingerprint density at radius 1 is 1.35 bits per heavy atom. The van der Waals surface area contributed by atoms with Crippen molar-refractivity contribution >= 4 is 40.2 Å². The lowest BCUT2D eigenvalue weighted by molar-refractivity contribution is 0.0577. The molecule has 1 saturated carbocycles. The van der Waals surface area contributed by atoms with Gasteiger partial charge in [-0.15, -0.1) is 4.99 Å². The zero-order valence-electron chi connectivity index (χ0n) is 19.6. The maximum absolute atomic E-state index is 13.2. The number of imidazole rings is 1. The van der Waals surface area contributed by atoms with Gasteiger partial charge in [0.05, 0.1) is 17.9 Å². The summed E-state index contributed by atoms with van der Waals surface area (Å²) < 4.78 is 7.69. The van der Waals surface area contributed by atoms with Crippen LogP contribution in [0.1, 0.15) is 50.8 Å². The van der Waals surface area contributed by atoms with Gasteiger partial charge in [-0.2, -0.15) is 5.26 Å². The van der Waals surface area contributed by atoms with E-state index in [1.54, 1.807) is 30.8 Å². The van der Waals surface area contributed by atoms with E-state index in [2.05, 4.69) is 27.6 Å². The summed E-state index contributed by atoms with van der Waals surface area (Å²) in [5.41, 5.74) is 2.81. The van der Waals surface area contributed by atoms with Crippen LogP contribution < -0.4 is 10.2 Å². The molecule has 0 spiro atoms. The summed E-state index contributed by atoms with van der Waals surface area (Å²) in [6, 6.07) is 7.59. The first-order valence-corrected chi connectivity index (χ1v) is 12.2. The number of carbonyl (C=O) groups excluding carboxylic acids is 1.